The average Bonchev–Trinajstić information content (AvgIpc) is 2.62. The van der Waals surface area contributed by atoms with E-state index in [1.54, 1.807) is 0 Å². The van der Waals surface area contributed by atoms with Gasteiger partial charge in [0.2, 0.25) is 0 Å². The second kappa shape index (κ2) is 13.5. The zero-order valence-corrected chi connectivity index (χ0v) is 12.6. The molecule has 11 N–H and O–H groups in total. The molecule has 0 aliphatic carbocycles. The Kier molecular flexibility index (Phi) is 14.3. The molecule has 12 nitrogen and oxygen atoms in total. The summed E-state index contributed by atoms with van der Waals surface area (Å²) in [5.41, 5.74) is 0. The zero-order chi connectivity index (χ0) is 19.4. The molecule has 0 fully saturated rings. The average molecular weight is 362 g/mol. The summed E-state index contributed by atoms with van der Waals surface area (Å²) in [6.07, 6.45) is -13.2. The molecule has 0 saturated heterocycles. The SMILES string of the molecule is O=C[C@H](O)[C@@H](O)[C@H](O)[C@H](O)CO.OC[C@@H](O)[C@@H](O)[C@H](O)[C@@H](O)CO. The van der Waals surface area contributed by atoms with E-state index in [1.807, 2.05) is 0 Å². The van der Waals surface area contributed by atoms with Gasteiger partial charge in [0.1, 0.15) is 48.8 Å². The van der Waals surface area contributed by atoms with Gasteiger partial charge in [0.05, 0.1) is 19.8 Å². The van der Waals surface area contributed by atoms with Crippen LogP contribution in [0.25, 0.3) is 0 Å². The van der Waals surface area contributed by atoms with Crippen LogP contribution in [0.2, 0.25) is 0 Å². The highest BCUT2D eigenvalue weighted by molar-refractivity contribution is 5.56. The van der Waals surface area contributed by atoms with Crippen LogP contribution < -0.4 is 0 Å². The maximum Gasteiger partial charge on any atom is 0.151 e. The normalized spacial score (nSPS) is 21.3. The van der Waals surface area contributed by atoms with Gasteiger partial charge < -0.3 is 61.0 Å². The molecule has 0 bridgehead atoms. The fourth-order valence-electron chi connectivity index (χ4n) is 1.29. The molecule has 24 heavy (non-hydrogen) atoms. The molecule has 0 radical (unpaired) electrons. The Hall–Kier alpha value is -0.770. The molecule has 0 aromatic heterocycles. The van der Waals surface area contributed by atoms with E-state index in [9.17, 15) is 4.79 Å². The van der Waals surface area contributed by atoms with Gasteiger partial charge in [-0.2, -0.15) is 0 Å². The molecule has 0 aliphatic rings. The van der Waals surface area contributed by atoms with Crippen LogP contribution >= 0.6 is 0 Å². The second-order valence-corrected chi connectivity index (χ2v) is 4.84. The van der Waals surface area contributed by atoms with Crippen LogP contribution in [0.3, 0.4) is 0 Å². The molecule has 12 heteroatoms. The van der Waals surface area contributed by atoms with Crippen molar-refractivity contribution in [3.8, 4) is 0 Å². The van der Waals surface area contributed by atoms with Crippen molar-refractivity contribution in [2.24, 2.45) is 0 Å². The lowest BCUT2D eigenvalue weighted by molar-refractivity contribution is -0.136. The van der Waals surface area contributed by atoms with Gasteiger partial charge in [-0.05, 0) is 0 Å². The maximum absolute atomic E-state index is 9.90. The highest BCUT2D eigenvalue weighted by atomic mass is 16.4. The maximum atomic E-state index is 9.90. The second-order valence-electron chi connectivity index (χ2n) is 4.84. The van der Waals surface area contributed by atoms with Gasteiger partial charge in [0, 0.05) is 0 Å². The number of rotatable bonds is 10. The fourth-order valence-corrected chi connectivity index (χ4v) is 1.29. The number of carbonyl (C=O) groups excluding carboxylic acids is 1. The van der Waals surface area contributed by atoms with Gasteiger partial charge in [0.25, 0.3) is 0 Å². The van der Waals surface area contributed by atoms with Crippen molar-refractivity contribution in [2.75, 3.05) is 19.8 Å². The molecule has 0 spiro atoms. The van der Waals surface area contributed by atoms with Crippen molar-refractivity contribution in [3.05, 3.63) is 0 Å². The summed E-state index contributed by atoms with van der Waals surface area (Å²) in [7, 11) is 0. The molecule has 0 amide bonds. The Morgan fingerprint density at radius 2 is 0.792 bits per heavy atom. The van der Waals surface area contributed by atoms with Crippen LogP contribution in [-0.2, 0) is 4.79 Å². The van der Waals surface area contributed by atoms with Gasteiger partial charge in [-0.1, -0.05) is 0 Å². The number of aliphatic hydroxyl groups excluding tert-OH is 11. The third-order valence-electron chi connectivity index (χ3n) is 2.93. The Bertz CT molecular complexity index is 302. The molecule has 0 heterocycles. The summed E-state index contributed by atoms with van der Waals surface area (Å²) in [4.78, 5) is 9.90. The minimum atomic E-state index is -1.79. The van der Waals surface area contributed by atoms with E-state index < -0.39 is 68.7 Å². The lowest BCUT2D eigenvalue weighted by atomic mass is 10.0. The van der Waals surface area contributed by atoms with E-state index in [1.165, 1.54) is 0 Å². The van der Waals surface area contributed by atoms with Gasteiger partial charge in [-0.25, -0.2) is 0 Å². The molecule has 0 aromatic rings. The van der Waals surface area contributed by atoms with Crippen LogP contribution in [0, 0.1) is 0 Å². The largest absolute Gasteiger partial charge is 0.394 e. The first kappa shape index (κ1) is 25.5. The monoisotopic (exact) mass is 362 g/mol. The van der Waals surface area contributed by atoms with E-state index in [0.29, 0.717) is 0 Å². The van der Waals surface area contributed by atoms with Crippen LogP contribution in [0.1, 0.15) is 0 Å². The van der Waals surface area contributed by atoms with E-state index in [-0.39, 0.29) is 6.29 Å². The van der Waals surface area contributed by atoms with Crippen molar-refractivity contribution in [1.82, 2.24) is 0 Å². The molecule has 8 atom stereocenters. The first-order valence-electron chi connectivity index (χ1n) is 6.81. The highest BCUT2D eigenvalue weighted by Gasteiger charge is 2.30. The summed E-state index contributed by atoms with van der Waals surface area (Å²) in [5.74, 6) is 0. The Morgan fingerprint density at radius 1 is 0.542 bits per heavy atom. The van der Waals surface area contributed by atoms with Crippen LogP contribution in [-0.4, -0.2) is 131 Å². The summed E-state index contributed by atoms with van der Waals surface area (Å²) >= 11 is 0. The lowest BCUT2D eigenvalue weighted by Crippen LogP contribution is -2.46. The van der Waals surface area contributed by atoms with Gasteiger partial charge in [-0.15, -0.1) is 0 Å². The van der Waals surface area contributed by atoms with Crippen molar-refractivity contribution in [2.45, 2.75) is 48.8 Å². The van der Waals surface area contributed by atoms with Crippen molar-refractivity contribution < 1.29 is 61.0 Å². The number of hydrogen-bond donors (Lipinski definition) is 11. The smallest absolute Gasteiger partial charge is 0.151 e. The van der Waals surface area contributed by atoms with E-state index in [4.69, 9.17) is 56.2 Å². The number of aliphatic hydroxyl groups is 11. The van der Waals surface area contributed by atoms with Gasteiger partial charge in [0.15, 0.2) is 6.29 Å². The van der Waals surface area contributed by atoms with Crippen molar-refractivity contribution >= 4 is 6.29 Å². The highest BCUT2D eigenvalue weighted by Crippen LogP contribution is 2.04. The quantitative estimate of drug-likeness (QED) is 0.162. The zero-order valence-electron chi connectivity index (χ0n) is 12.6. The minimum Gasteiger partial charge on any atom is -0.394 e. The minimum absolute atomic E-state index is 0.0258. The fraction of sp³-hybridized carbons (Fsp3) is 0.917. The summed E-state index contributed by atoms with van der Waals surface area (Å²) in [6, 6.07) is 0. The number of aldehydes is 1. The predicted octanol–water partition coefficient (Wildman–Crippen LogP) is -6.96. The summed E-state index contributed by atoms with van der Waals surface area (Å²) < 4.78 is 0. The van der Waals surface area contributed by atoms with E-state index in [0.717, 1.165) is 0 Å². The molecule has 0 saturated carbocycles. The first-order chi connectivity index (χ1) is 11.1. The molecule has 0 unspecified atom stereocenters. The molecular weight excluding hydrogens is 336 g/mol. The van der Waals surface area contributed by atoms with Crippen LogP contribution in [0.15, 0.2) is 0 Å². The number of hydrogen-bond acceptors (Lipinski definition) is 12. The number of carbonyl (C=O) groups is 1. The molecule has 146 valence electrons. The third-order valence-corrected chi connectivity index (χ3v) is 2.93. The molecule has 0 aliphatic heterocycles. The third kappa shape index (κ3) is 8.91. The molecule has 0 aromatic carbocycles. The Morgan fingerprint density at radius 3 is 1.00 bits per heavy atom. The molecule has 0 rings (SSSR count). The summed E-state index contributed by atoms with van der Waals surface area (Å²) in [5, 5.41) is 95.7. The van der Waals surface area contributed by atoms with E-state index >= 15 is 0 Å². The van der Waals surface area contributed by atoms with Gasteiger partial charge >= 0.3 is 0 Å². The van der Waals surface area contributed by atoms with Crippen molar-refractivity contribution in [1.29, 1.82) is 0 Å². The predicted molar refractivity (Wildman–Crippen MR) is 75.4 cm³/mol. The lowest BCUT2D eigenvalue weighted by Gasteiger charge is -2.24. The molecular formula is C12H26O12. The standard InChI is InChI=1S/C6H14O6.C6H12O6/c2*7-1-3(9)5(11)6(12)4(10)2-8/h3-12H,1-2H2;1,3-6,8-12H,2H2/t3-,4+,5-,6-;3-,4+,5+,6+/m10/s1. The van der Waals surface area contributed by atoms with Crippen molar-refractivity contribution in [3.63, 3.8) is 0 Å². The van der Waals surface area contributed by atoms with Gasteiger partial charge in [-0.3, -0.25) is 0 Å². The first-order valence-corrected chi connectivity index (χ1v) is 6.81. The van der Waals surface area contributed by atoms with E-state index in [2.05, 4.69) is 0 Å². The Balaban J connectivity index is 0. The van der Waals surface area contributed by atoms with Crippen LogP contribution in [0.4, 0.5) is 0 Å². The summed E-state index contributed by atoms with van der Waals surface area (Å²) in [6.45, 7) is -2.21. The Labute approximate surface area is 137 Å². The topological polar surface area (TPSA) is 240 Å². The van der Waals surface area contributed by atoms with Crippen LogP contribution in [0.5, 0.6) is 0 Å².